The third-order valence-corrected chi connectivity index (χ3v) is 4.22. The van der Waals surface area contributed by atoms with Gasteiger partial charge in [-0.15, -0.1) is 0 Å². The van der Waals surface area contributed by atoms with Crippen molar-refractivity contribution in [2.24, 2.45) is 0 Å². The molecular formula is C12H14BrN5O2S. The number of aromatic nitrogens is 3. The molecule has 9 heteroatoms. The zero-order chi connectivity index (χ0) is 15.3. The van der Waals surface area contributed by atoms with Crippen LogP contribution in [0.1, 0.15) is 13.3 Å². The van der Waals surface area contributed by atoms with E-state index in [0.717, 1.165) is 6.42 Å². The van der Waals surface area contributed by atoms with Crippen molar-refractivity contribution in [3.05, 3.63) is 35.2 Å². The first-order valence-electron chi connectivity index (χ1n) is 6.22. The normalized spacial score (nSPS) is 11.1. The predicted molar refractivity (Wildman–Crippen MR) is 83.6 cm³/mol. The van der Waals surface area contributed by atoms with Gasteiger partial charge in [-0.05, 0) is 34.5 Å². The van der Waals surface area contributed by atoms with Gasteiger partial charge in [0.05, 0.1) is 0 Å². The Hall–Kier alpha value is -1.74. The molecule has 0 amide bonds. The van der Waals surface area contributed by atoms with Gasteiger partial charge in [0.15, 0.2) is 0 Å². The van der Waals surface area contributed by atoms with E-state index in [1.54, 1.807) is 6.07 Å². The van der Waals surface area contributed by atoms with Gasteiger partial charge in [0.2, 0.25) is 5.95 Å². The zero-order valence-electron chi connectivity index (χ0n) is 11.2. The molecule has 0 atom stereocenters. The highest BCUT2D eigenvalue weighted by molar-refractivity contribution is 9.10. The number of halogens is 1. The van der Waals surface area contributed by atoms with Crippen LogP contribution in [0.2, 0.25) is 0 Å². The molecule has 112 valence electrons. The number of anilines is 2. The summed E-state index contributed by atoms with van der Waals surface area (Å²) in [6, 6.07) is 3.09. The van der Waals surface area contributed by atoms with E-state index in [1.165, 1.54) is 24.7 Å². The second-order valence-electron chi connectivity index (χ2n) is 4.10. The fourth-order valence-electron chi connectivity index (χ4n) is 1.53. The molecule has 7 nitrogen and oxygen atoms in total. The molecule has 0 bridgehead atoms. The van der Waals surface area contributed by atoms with Crippen LogP contribution in [0.25, 0.3) is 0 Å². The maximum atomic E-state index is 12.4. The fraction of sp³-hybridized carbons (Fsp3) is 0.250. The lowest BCUT2D eigenvalue weighted by Gasteiger charge is -2.12. The van der Waals surface area contributed by atoms with Crippen LogP contribution in [0.15, 0.2) is 40.1 Å². The fourth-order valence-corrected chi connectivity index (χ4v) is 3.13. The van der Waals surface area contributed by atoms with E-state index in [2.05, 4.69) is 40.9 Å². The van der Waals surface area contributed by atoms with Gasteiger partial charge in [-0.25, -0.2) is 28.1 Å². The van der Waals surface area contributed by atoms with Crippen LogP contribution in [0, 0.1) is 0 Å². The van der Waals surface area contributed by atoms with Crippen molar-refractivity contribution in [1.29, 1.82) is 0 Å². The Morgan fingerprint density at radius 1 is 1.24 bits per heavy atom. The molecule has 2 N–H and O–H groups in total. The molecule has 0 radical (unpaired) electrons. The summed E-state index contributed by atoms with van der Waals surface area (Å²) in [7, 11) is -3.83. The topological polar surface area (TPSA) is 96.9 Å². The van der Waals surface area contributed by atoms with Crippen LogP contribution in [0.4, 0.5) is 11.8 Å². The summed E-state index contributed by atoms with van der Waals surface area (Å²) in [5.74, 6) is 0.308. The molecule has 2 aromatic heterocycles. The molecule has 0 saturated heterocycles. The maximum absolute atomic E-state index is 12.4. The molecule has 0 aliphatic heterocycles. The van der Waals surface area contributed by atoms with Crippen molar-refractivity contribution in [1.82, 2.24) is 15.0 Å². The van der Waals surface area contributed by atoms with Crippen LogP contribution in [0.3, 0.4) is 0 Å². The van der Waals surface area contributed by atoms with E-state index in [1.807, 2.05) is 6.92 Å². The second-order valence-corrected chi connectivity index (χ2v) is 6.67. The van der Waals surface area contributed by atoms with Crippen LogP contribution >= 0.6 is 15.9 Å². The third kappa shape index (κ3) is 4.11. The number of hydrogen-bond donors (Lipinski definition) is 2. The monoisotopic (exact) mass is 371 g/mol. The van der Waals surface area contributed by atoms with E-state index >= 15 is 0 Å². The van der Waals surface area contributed by atoms with Crippen LogP contribution in [0.5, 0.6) is 0 Å². The van der Waals surface area contributed by atoms with Gasteiger partial charge in [-0.2, -0.15) is 0 Å². The minimum Gasteiger partial charge on any atom is -0.369 e. The van der Waals surface area contributed by atoms with Gasteiger partial charge in [-0.1, -0.05) is 6.92 Å². The lowest BCUT2D eigenvalue weighted by Crippen LogP contribution is -2.18. The first-order valence-corrected chi connectivity index (χ1v) is 8.50. The quantitative estimate of drug-likeness (QED) is 0.808. The van der Waals surface area contributed by atoms with Crippen molar-refractivity contribution >= 4 is 37.7 Å². The van der Waals surface area contributed by atoms with Gasteiger partial charge < -0.3 is 5.32 Å². The second kappa shape index (κ2) is 6.81. The smallest absolute Gasteiger partial charge is 0.267 e. The van der Waals surface area contributed by atoms with E-state index in [-0.39, 0.29) is 10.8 Å². The molecule has 21 heavy (non-hydrogen) atoms. The summed E-state index contributed by atoms with van der Waals surface area (Å²) in [5.41, 5.74) is 0. The van der Waals surface area contributed by atoms with Gasteiger partial charge in [-0.3, -0.25) is 0 Å². The summed E-state index contributed by atoms with van der Waals surface area (Å²) >= 11 is 3.23. The Bertz CT molecular complexity index is 709. The van der Waals surface area contributed by atoms with Crippen molar-refractivity contribution < 1.29 is 8.42 Å². The summed E-state index contributed by atoms with van der Waals surface area (Å²) in [5, 5.41) is 2.99. The molecule has 0 aliphatic rings. The largest absolute Gasteiger partial charge is 0.369 e. The molecule has 0 unspecified atom stereocenters. The minimum atomic E-state index is -3.83. The zero-order valence-corrected chi connectivity index (χ0v) is 13.6. The molecule has 2 aromatic rings. The van der Waals surface area contributed by atoms with Crippen LogP contribution < -0.4 is 10.0 Å². The SMILES string of the molecule is CCCNc1ncc(Br)cc1S(=O)(=O)Nc1ncccn1. The Labute approximate surface area is 131 Å². The van der Waals surface area contributed by atoms with Crippen molar-refractivity contribution in [3.63, 3.8) is 0 Å². The lowest BCUT2D eigenvalue weighted by molar-refractivity contribution is 0.600. The highest BCUT2D eigenvalue weighted by Crippen LogP contribution is 2.24. The average molecular weight is 372 g/mol. The minimum absolute atomic E-state index is 0.0129. The predicted octanol–water partition coefficient (Wildman–Crippen LogP) is 2.26. The highest BCUT2D eigenvalue weighted by Gasteiger charge is 2.21. The highest BCUT2D eigenvalue weighted by atomic mass is 79.9. The summed E-state index contributed by atoms with van der Waals surface area (Å²) < 4.78 is 27.8. The van der Waals surface area contributed by atoms with Gasteiger partial charge in [0.1, 0.15) is 10.7 Å². The Balaban J connectivity index is 2.36. The third-order valence-electron chi connectivity index (χ3n) is 2.44. The lowest BCUT2D eigenvalue weighted by atomic mass is 10.4. The number of hydrogen-bond acceptors (Lipinski definition) is 6. The van der Waals surface area contributed by atoms with E-state index in [9.17, 15) is 8.42 Å². The molecule has 0 fully saturated rings. The van der Waals surface area contributed by atoms with Crippen LogP contribution in [-0.4, -0.2) is 29.9 Å². The molecule has 2 rings (SSSR count). The van der Waals surface area contributed by atoms with Gasteiger partial charge >= 0.3 is 0 Å². The summed E-state index contributed by atoms with van der Waals surface area (Å²) in [4.78, 5) is 11.8. The Kier molecular flexibility index (Phi) is 5.07. The van der Waals surface area contributed by atoms with Crippen molar-refractivity contribution in [2.75, 3.05) is 16.6 Å². The van der Waals surface area contributed by atoms with E-state index in [0.29, 0.717) is 16.8 Å². The van der Waals surface area contributed by atoms with E-state index < -0.39 is 10.0 Å². The first kappa shape index (κ1) is 15.6. The average Bonchev–Trinajstić information content (AvgIpc) is 2.46. The van der Waals surface area contributed by atoms with Crippen molar-refractivity contribution in [3.8, 4) is 0 Å². The van der Waals surface area contributed by atoms with Gasteiger partial charge in [0.25, 0.3) is 10.0 Å². The molecule has 0 aromatic carbocycles. The molecule has 0 aliphatic carbocycles. The number of rotatable bonds is 6. The van der Waals surface area contributed by atoms with E-state index in [4.69, 9.17) is 0 Å². The van der Waals surface area contributed by atoms with Gasteiger partial charge in [0, 0.05) is 29.6 Å². The molecule has 0 saturated carbocycles. The maximum Gasteiger partial charge on any atom is 0.267 e. The Morgan fingerprint density at radius 2 is 1.95 bits per heavy atom. The summed E-state index contributed by atoms with van der Waals surface area (Å²) in [6.45, 7) is 2.61. The number of nitrogens with one attached hydrogen (secondary N) is 2. The number of sulfonamides is 1. The molecular weight excluding hydrogens is 358 g/mol. The van der Waals surface area contributed by atoms with Crippen LogP contribution in [-0.2, 0) is 10.0 Å². The Morgan fingerprint density at radius 3 is 2.62 bits per heavy atom. The first-order chi connectivity index (χ1) is 10.0. The number of pyridine rings is 1. The molecule has 0 spiro atoms. The standard InChI is InChI=1S/C12H14BrN5O2S/c1-2-4-14-11-10(7-9(13)8-17-11)21(19,20)18-12-15-5-3-6-16-12/h3,5-8H,2,4H2,1H3,(H,14,17)(H,15,16,18). The van der Waals surface area contributed by atoms with Crippen molar-refractivity contribution in [2.45, 2.75) is 18.2 Å². The number of nitrogens with zero attached hydrogens (tertiary/aromatic N) is 3. The summed E-state index contributed by atoms with van der Waals surface area (Å²) in [6.07, 6.45) is 5.31. The molecule has 2 heterocycles.